The Morgan fingerprint density at radius 3 is 2.67 bits per heavy atom. The summed E-state index contributed by atoms with van der Waals surface area (Å²) in [5.74, 6) is -0.00131. The number of benzene rings is 1. The highest BCUT2D eigenvalue weighted by molar-refractivity contribution is 6.02. The highest BCUT2D eigenvalue weighted by atomic mass is 16.5. The van der Waals surface area contributed by atoms with E-state index in [0.717, 1.165) is 11.1 Å². The first-order chi connectivity index (χ1) is 14.5. The Morgan fingerprint density at radius 1 is 1.13 bits per heavy atom. The van der Waals surface area contributed by atoms with E-state index >= 15 is 0 Å². The fraction of sp³-hybridized carbons (Fsp3) is 0.227. The Bertz CT molecular complexity index is 1100. The van der Waals surface area contributed by atoms with Gasteiger partial charge >= 0.3 is 0 Å². The molecule has 0 fully saturated rings. The van der Waals surface area contributed by atoms with Crippen LogP contribution in [-0.4, -0.2) is 46.0 Å². The van der Waals surface area contributed by atoms with Gasteiger partial charge in [-0.15, -0.1) is 0 Å². The number of nitrogens with zero attached hydrogens (tertiary/aromatic N) is 4. The van der Waals surface area contributed by atoms with Gasteiger partial charge in [0.1, 0.15) is 12.1 Å². The molecule has 3 heterocycles. The van der Waals surface area contributed by atoms with E-state index in [9.17, 15) is 9.59 Å². The van der Waals surface area contributed by atoms with Crippen molar-refractivity contribution in [2.24, 2.45) is 0 Å². The minimum atomic E-state index is -0.915. The number of likely N-dealkylation sites (N-methyl/N-ethyl adjacent to an activating group) is 1. The molecule has 8 nitrogen and oxygen atoms in total. The standard InChI is InChI=1S/C22H21N5O3/c1-13-12-24-19(25-17(13)15-8-5-4-6-9-15)21(28)26-18-14(2)30-16-10-7-11-23-20(16)27(3)22(18)29/h4-12,14,18H,1-3H3,(H,26,28). The van der Waals surface area contributed by atoms with Crippen molar-refractivity contribution in [2.75, 3.05) is 11.9 Å². The van der Waals surface area contributed by atoms with Gasteiger partial charge in [-0.05, 0) is 31.5 Å². The fourth-order valence-corrected chi connectivity index (χ4v) is 3.33. The lowest BCUT2D eigenvalue weighted by Crippen LogP contribution is -2.53. The average Bonchev–Trinajstić information content (AvgIpc) is 2.85. The summed E-state index contributed by atoms with van der Waals surface area (Å²) >= 11 is 0. The topological polar surface area (TPSA) is 97.3 Å². The second-order valence-corrected chi connectivity index (χ2v) is 7.09. The molecule has 4 rings (SSSR count). The SMILES string of the molecule is Cc1cnc(C(=O)NC2C(=O)N(C)c3ncccc3OC2C)nc1-c1ccccc1. The van der Waals surface area contributed by atoms with Crippen LogP contribution >= 0.6 is 0 Å². The third-order valence-corrected chi connectivity index (χ3v) is 4.96. The summed E-state index contributed by atoms with van der Waals surface area (Å²) in [6.07, 6.45) is 2.58. The van der Waals surface area contributed by atoms with Crippen LogP contribution in [0.2, 0.25) is 0 Å². The predicted octanol–water partition coefficient (Wildman–Crippen LogP) is 2.39. The third-order valence-electron chi connectivity index (χ3n) is 4.96. The number of ether oxygens (including phenoxy) is 1. The molecule has 0 aliphatic carbocycles. The quantitative estimate of drug-likeness (QED) is 0.721. The van der Waals surface area contributed by atoms with Gasteiger partial charge in [0.2, 0.25) is 5.82 Å². The Labute approximate surface area is 173 Å². The fourth-order valence-electron chi connectivity index (χ4n) is 3.33. The molecule has 1 aromatic carbocycles. The van der Waals surface area contributed by atoms with Crippen molar-refractivity contribution in [3.05, 3.63) is 66.2 Å². The molecular formula is C22H21N5O3. The molecule has 0 radical (unpaired) electrons. The summed E-state index contributed by atoms with van der Waals surface area (Å²) in [5.41, 5.74) is 2.40. The summed E-state index contributed by atoms with van der Waals surface area (Å²) in [7, 11) is 1.60. The molecule has 1 aliphatic rings. The second-order valence-electron chi connectivity index (χ2n) is 7.09. The maximum absolute atomic E-state index is 13.0. The van der Waals surface area contributed by atoms with Gasteiger partial charge in [0, 0.05) is 25.0 Å². The number of aromatic nitrogens is 3. The van der Waals surface area contributed by atoms with Crippen LogP contribution in [-0.2, 0) is 4.79 Å². The predicted molar refractivity (Wildman–Crippen MR) is 111 cm³/mol. The highest BCUT2D eigenvalue weighted by Gasteiger charge is 2.36. The van der Waals surface area contributed by atoms with Crippen LogP contribution in [0.25, 0.3) is 11.3 Å². The summed E-state index contributed by atoms with van der Waals surface area (Å²) in [5, 5.41) is 2.73. The molecule has 0 bridgehead atoms. The number of hydrogen-bond acceptors (Lipinski definition) is 6. The molecule has 1 aliphatic heterocycles. The van der Waals surface area contributed by atoms with Crippen LogP contribution in [0.3, 0.4) is 0 Å². The van der Waals surface area contributed by atoms with Crippen molar-refractivity contribution in [3.63, 3.8) is 0 Å². The number of pyridine rings is 1. The van der Waals surface area contributed by atoms with Crippen LogP contribution < -0.4 is 15.0 Å². The van der Waals surface area contributed by atoms with Gasteiger partial charge < -0.3 is 10.1 Å². The first-order valence-electron chi connectivity index (χ1n) is 9.55. The number of rotatable bonds is 3. The Balaban J connectivity index is 1.60. The van der Waals surface area contributed by atoms with Gasteiger partial charge in [-0.2, -0.15) is 0 Å². The molecule has 2 unspecified atom stereocenters. The lowest BCUT2D eigenvalue weighted by atomic mass is 10.1. The minimum absolute atomic E-state index is 0.0120. The Morgan fingerprint density at radius 2 is 1.90 bits per heavy atom. The average molecular weight is 403 g/mol. The van der Waals surface area contributed by atoms with Crippen molar-refractivity contribution in [1.29, 1.82) is 0 Å². The van der Waals surface area contributed by atoms with Crippen molar-refractivity contribution in [1.82, 2.24) is 20.3 Å². The van der Waals surface area contributed by atoms with E-state index < -0.39 is 18.1 Å². The summed E-state index contributed by atoms with van der Waals surface area (Å²) in [6, 6.07) is 12.1. The molecule has 2 atom stereocenters. The van der Waals surface area contributed by atoms with Gasteiger partial charge in [-0.3, -0.25) is 14.5 Å². The number of carbonyl (C=O) groups excluding carboxylic acids is 2. The highest BCUT2D eigenvalue weighted by Crippen LogP contribution is 2.29. The Hall–Kier alpha value is -3.81. The molecule has 0 spiro atoms. The molecule has 0 saturated carbocycles. The lowest BCUT2D eigenvalue weighted by Gasteiger charge is -2.23. The number of hydrogen-bond donors (Lipinski definition) is 1. The summed E-state index contributed by atoms with van der Waals surface area (Å²) in [6.45, 7) is 3.61. The normalized spacial score (nSPS) is 18.2. The number of aryl methyl sites for hydroxylation is 1. The van der Waals surface area contributed by atoms with E-state index in [4.69, 9.17) is 4.74 Å². The van der Waals surface area contributed by atoms with Crippen molar-refractivity contribution in [3.8, 4) is 17.0 Å². The van der Waals surface area contributed by atoms with Crippen molar-refractivity contribution < 1.29 is 14.3 Å². The van der Waals surface area contributed by atoms with E-state index in [1.807, 2.05) is 37.3 Å². The van der Waals surface area contributed by atoms with E-state index in [1.165, 1.54) is 4.90 Å². The zero-order valence-corrected chi connectivity index (χ0v) is 16.9. The molecule has 3 aromatic rings. The minimum Gasteiger partial charge on any atom is -0.484 e. The van der Waals surface area contributed by atoms with Crippen LogP contribution in [0, 0.1) is 6.92 Å². The first kappa shape index (κ1) is 19.5. The monoisotopic (exact) mass is 403 g/mol. The van der Waals surface area contributed by atoms with Crippen LogP contribution in [0.5, 0.6) is 5.75 Å². The van der Waals surface area contributed by atoms with E-state index in [0.29, 0.717) is 17.3 Å². The van der Waals surface area contributed by atoms with Gasteiger partial charge in [0.05, 0.1) is 5.69 Å². The van der Waals surface area contributed by atoms with Crippen LogP contribution in [0.15, 0.2) is 54.9 Å². The zero-order chi connectivity index (χ0) is 21.3. The van der Waals surface area contributed by atoms with Gasteiger partial charge in [-0.1, -0.05) is 30.3 Å². The second kappa shape index (κ2) is 7.90. The number of carbonyl (C=O) groups is 2. The largest absolute Gasteiger partial charge is 0.484 e. The van der Waals surface area contributed by atoms with E-state index in [2.05, 4.69) is 20.3 Å². The van der Waals surface area contributed by atoms with Crippen molar-refractivity contribution in [2.45, 2.75) is 26.0 Å². The van der Waals surface area contributed by atoms with Gasteiger partial charge in [0.25, 0.3) is 11.8 Å². The molecule has 30 heavy (non-hydrogen) atoms. The van der Waals surface area contributed by atoms with Gasteiger partial charge in [0.15, 0.2) is 11.6 Å². The summed E-state index contributed by atoms with van der Waals surface area (Å²) in [4.78, 5) is 40.1. The molecule has 2 aromatic heterocycles. The molecule has 2 amide bonds. The maximum atomic E-state index is 13.0. The van der Waals surface area contributed by atoms with E-state index in [1.54, 1.807) is 38.5 Å². The molecule has 152 valence electrons. The number of amides is 2. The molecule has 0 saturated heterocycles. The van der Waals surface area contributed by atoms with Crippen LogP contribution in [0.4, 0.5) is 5.82 Å². The number of anilines is 1. The molecule has 1 N–H and O–H groups in total. The molecule has 8 heteroatoms. The third kappa shape index (κ3) is 3.59. The number of nitrogens with one attached hydrogen (secondary N) is 1. The lowest BCUT2D eigenvalue weighted by molar-refractivity contribution is -0.121. The first-order valence-corrected chi connectivity index (χ1v) is 9.55. The maximum Gasteiger partial charge on any atom is 0.289 e. The Kier molecular flexibility index (Phi) is 5.14. The smallest absolute Gasteiger partial charge is 0.289 e. The van der Waals surface area contributed by atoms with E-state index in [-0.39, 0.29) is 11.7 Å². The van der Waals surface area contributed by atoms with Gasteiger partial charge in [-0.25, -0.2) is 15.0 Å². The van der Waals surface area contributed by atoms with Crippen molar-refractivity contribution >= 4 is 17.6 Å². The zero-order valence-electron chi connectivity index (χ0n) is 16.9. The molecular weight excluding hydrogens is 382 g/mol. The summed E-state index contributed by atoms with van der Waals surface area (Å²) < 4.78 is 5.88. The van der Waals surface area contributed by atoms with Crippen LogP contribution in [0.1, 0.15) is 23.1 Å². The number of fused-ring (bicyclic) bond motifs is 1.